The first-order valence-electron chi connectivity index (χ1n) is 5.81. The largest absolute Gasteiger partial charge is 0.433 e. The fourth-order valence-corrected chi connectivity index (χ4v) is 3.03. The fourth-order valence-electron chi connectivity index (χ4n) is 1.42. The Balaban J connectivity index is 1.93. The maximum absolute atomic E-state index is 12.3. The van der Waals surface area contributed by atoms with Gasteiger partial charge in [-0.15, -0.1) is 10.2 Å². The number of anilines is 1. The first kappa shape index (κ1) is 15.6. The van der Waals surface area contributed by atoms with Crippen LogP contribution in [0.4, 0.5) is 14.5 Å². The molecule has 0 aliphatic carbocycles. The highest BCUT2D eigenvalue weighted by molar-refractivity contribution is 8.01. The minimum absolute atomic E-state index is 0.0717. The van der Waals surface area contributed by atoms with Gasteiger partial charge in [0.25, 0.3) is 0 Å². The number of nitrogens with zero attached hydrogens (tertiary/aromatic N) is 2. The van der Waals surface area contributed by atoms with Crippen molar-refractivity contribution in [1.29, 1.82) is 0 Å². The van der Waals surface area contributed by atoms with Crippen molar-refractivity contribution in [3.63, 3.8) is 0 Å². The highest BCUT2D eigenvalue weighted by atomic mass is 32.2. The van der Waals surface area contributed by atoms with Crippen LogP contribution in [0.1, 0.15) is 5.01 Å². The van der Waals surface area contributed by atoms with E-state index in [4.69, 9.17) is 0 Å². The second kappa shape index (κ2) is 7.32. The number of hydrogen-bond donors (Lipinski definition) is 1. The van der Waals surface area contributed by atoms with E-state index in [1.807, 2.05) is 6.92 Å². The Morgan fingerprint density at radius 2 is 2.19 bits per heavy atom. The monoisotopic (exact) mass is 331 g/mol. The third-order valence-electron chi connectivity index (χ3n) is 2.21. The van der Waals surface area contributed by atoms with Crippen molar-refractivity contribution in [3.8, 4) is 5.75 Å². The molecule has 1 amide bonds. The van der Waals surface area contributed by atoms with Gasteiger partial charge >= 0.3 is 6.61 Å². The predicted octanol–water partition coefficient (Wildman–Crippen LogP) is 3.18. The van der Waals surface area contributed by atoms with Gasteiger partial charge in [0, 0.05) is 0 Å². The minimum Gasteiger partial charge on any atom is -0.433 e. The van der Waals surface area contributed by atoms with Crippen LogP contribution in [0.2, 0.25) is 0 Å². The molecule has 0 unspecified atom stereocenters. The van der Waals surface area contributed by atoms with E-state index in [0.29, 0.717) is 4.34 Å². The molecule has 1 heterocycles. The molecule has 0 spiro atoms. The third-order valence-corrected chi connectivity index (χ3v) is 4.18. The molecule has 2 rings (SSSR count). The lowest BCUT2D eigenvalue weighted by atomic mass is 10.3. The van der Waals surface area contributed by atoms with E-state index in [-0.39, 0.29) is 23.1 Å². The molecule has 0 fully saturated rings. The van der Waals surface area contributed by atoms with Crippen LogP contribution in [0.15, 0.2) is 28.6 Å². The Morgan fingerprint density at radius 1 is 1.43 bits per heavy atom. The molecule has 0 radical (unpaired) electrons. The summed E-state index contributed by atoms with van der Waals surface area (Å²) in [6, 6.07) is 6.03. The van der Waals surface area contributed by atoms with Gasteiger partial charge in [0.15, 0.2) is 4.34 Å². The highest BCUT2D eigenvalue weighted by Gasteiger charge is 2.12. The molecule has 1 N–H and O–H groups in total. The van der Waals surface area contributed by atoms with E-state index in [1.54, 1.807) is 12.1 Å². The molecule has 5 nitrogen and oxygen atoms in total. The predicted molar refractivity (Wildman–Crippen MR) is 77.1 cm³/mol. The van der Waals surface area contributed by atoms with Crippen LogP contribution in [-0.4, -0.2) is 28.5 Å². The molecule has 0 atom stereocenters. The van der Waals surface area contributed by atoms with Gasteiger partial charge in [-0.05, 0) is 19.1 Å². The van der Waals surface area contributed by atoms with Crippen LogP contribution < -0.4 is 10.1 Å². The van der Waals surface area contributed by atoms with Crippen molar-refractivity contribution in [2.24, 2.45) is 0 Å². The molecule has 112 valence electrons. The van der Waals surface area contributed by atoms with Crippen LogP contribution in [-0.2, 0) is 4.79 Å². The summed E-state index contributed by atoms with van der Waals surface area (Å²) < 4.78 is 29.5. The van der Waals surface area contributed by atoms with Gasteiger partial charge < -0.3 is 10.1 Å². The number of amides is 1. The number of para-hydroxylation sites is 2. The van der Waals surface area contributed by atoms with Gasteiger partial charge in [0.2, 0.25) is 5.91 Å². The minimum atomic E-state index is -2.94. The molecule has 2 aromatic rings. The Hall–Kier alpha value is -1.74. The van der Waals surface area contributed by atoms with E-state index >= 15 is 0 Å². The summed E-state index contributed by atoms with van der Waals surface area (Å²) in [7, 11) is 0. The molecule has 1 aromatic heterocycles. The average Bonchev–Trinajstić information content (AvgIpc) is 2.84. The molecule has 9 heteroatoms. The summed E-state index contributed by atoms with van der Waals surface area (Å²) in [5.74, 6) is -0.298. The Kier molecular flexibility index (Phi) is 5.45. The summed E-state index contributed by atoms with van der Waals surface area (Å²) in [6.45, 7) is -1.12. The second-order valence-corrected chi connectivity index (χ2v) is 6.20. The summed E-state index contributed by atoms with van der Waals surface area (Å²) >= 11 is 2.62. The zero-order valence-electron chi connectivity index (χ0n) is 10.9. The maximum atomic E-state index is 12.3. The van der Waals surface area contributed by atoms with Crippen LogP contribution in [0.25, 0.3) is 0 Å². The summed E-state index contributed by atoms with van der Waals surface area (Å²) in [6.07, 6.45) is 0. The maximum Gasteiger partial charge on any atom is 0.387 e. The smallest absolute Gasteiger partial charge is 0.387 e. The number of carbonyl (C=O) groups is 1. The van der Waals surface area contributed by atoms with E-state index in [2.05, 4.69) is 20.3 Å². The van der Waals surface area contributed by atoms with Gasteiger partial charge in [0.05, 0.1) is 11.4 Å². The lowest BCUT2D eigenvalue weighted by molar-refractivity contribution is -0.113. The van der Waals surface area contributed by atoms with Crippen LogP contribution >= 0.6 is 23.1 Å². The molecular weight excluding hydrogens is 320 g/mol. The molecule has 0 aliphatic rings. The van der Waals surface area contributed by atoms with Gasteiger partial charge in [-0.3, -0.25) is 4.79 Å². The number of aryl methyl sites for hydroxylation is 1. The van der Waals surface area contributed by atoms with Crippen molar-refractivity contribution in [2.45, 2.75) is 17.9 Å². The first-order valence-corrected chi connectivity index (χ1v) is 7.61. The van der Waals surface area contributed by atoms with E-state index in [9.17, 15) is 13.6 Å². The SMILES string of the molecule is Cc1nnc(SCC(=O)Nc2ccccc2OC(F)F)s1. The number of benzene rings is 1. The van der Waals surface area contributed by atoms with E-state index in [0.717, 1.165) is 5.01 Å². The molecule has 0 aliphatic heterocycles. The molecular formula is C12H11F2N3O2S2. The van der Waals surface area contributed by atoms with Crippen LogP contribution in [0, 0.1) is 6.92 Å². The number of ether oxygens (including phenoxy) is 1. The summed E-state index contributed by atoms with van der Waals surface area (Å²) in [4.78, 5) is 11.8. The molecule has 0 saturated carbocycles. The molecule has 21 heavy (non-hydrogen) atoms. The number of nitrogens with one attached hydrogen (secondary N) is 1. The Bertz CT molecular complexity index is 622. The first-order chi connectivity index (χ1) is 10.0. The number of thioether (sulfide) groups is 1. The van der Waals surface area contributed by atoms with E-state index < -0.39 is 6.61 Å². The number of halogens is 2. The Morgan fingerprint density at radius 3 is 2.86 bits per heavy atom. The number of carbonyl (C=O) groups excluding carboxylic acids is 1. The lowest BCUT2D eigenvalue weighted by Crippen LogP contribution is -2.15. The third kappa shape index (κ3) is 4.94. The normalized spacial score (nSPS) is 10.7. The Labute approximate surface area is 127 Å². The van der Waals surface area contributed by atoms with E-state index in [1.165, 1.54) is 35.2 Å². The highest BCUT2D eigenvalue weighted by Crippen LogP contribution is 2.26. The average molecular weight is 331 g/mol. The second-order valence-electron chi connectivity index (χ2n) is 3.80. The van der Waals surface area contributed by atoms with Crippen molar-refractivity contribution >= 4 is 34.7 Å². The van der Waals surface area contributed by atoms with Gasteiger partial charge in [-0.1, -0.05) is 35.2 Å². The van der Waals surface area contributed by atoms with Gasteiger partial charge in [0.1, 0.15) is 10.8 Å². The van der Waals surface area contributed by atoms with Gasteiger partial charge in [-0.25, -0.2) is 0 Å². The van der Waals surface area contributed by atoms with Gasteiger partial charge in [-0.2, -0.15) is 8.78 Å². The quantitative estimate of drug-likeness (QED) is 0.824. The zero-order chi connectivity index (χ0) is 15.2. The summed E-state index contributed by atoms with van der Waals surface area (Å²) in [5.41, 5.74) is 0.205. The van der Waals surface area contributed by atoms with Crippen LogP contribution in [0.5, 0.6) is 5.75 Å². The van der Waals surface area contributed by atoms with Crippen molar-refractivity contribution in [1.82, 2.24) is 10.2 Å². The lowest BCUT2D eigenvalue weighted by Gasteiger charge is -2.11. The summed E-state index contributed by atoms with van der Waals surface area (Å²) in [5, 5.41) is 11.1. The fraction of sp³-hybridized carbons (Fsp3) is 0.250. The number of rotatable bonds is 6. The zero-order valence-corrected chi connectivity index (χ0v) is 12.5. The van der Waals surface area contributed by atoms with Crippen molar-refractivity contribution in [3.05, 3.63) is 29.3 Å². The van der Waals surface area contributed by atoms with Crippen LogP contribution in [0.3, 0.4) is 0 Å². The molecule has 0 bridgehead atoms. The number of alkyl halides is 2. The van der Waals surface area contributed by atoms with Crippen molar-refractivity contribution in [2.75, 3.05) is 11.1 Å². The molecule has 1 aromatic carbocycles. The number of hydrogen-bond acceptors (Lipinski definition) is 6. The van der Waals surface area contributed by atoms with Crippen molar-refractivity contribution < 1.29 is 18.3 Å². The standard InChI is InChI=1S/C12H11F2N3O2S2/c1-7-16-17-12(21-7)20-6-10(18)15-8-4-2-3-5-9(8)19-11(13)14/h2-5,11H,6H2,1H3,(H,15,18). The topological polar surface area (TPSA) is 64.1 Å². The molecule has 0 saturated heterocycles. The number of aromatic nitrogens is 2.